The summed E-state index contributed by atoms with van der Waals surface area (Å²) in [4.78, 5) is 0. The first kappa shape index (κ1) is 27.3. The maximum atomic E-state index is 10.7. The lowest BCUT2D eigenvalue weighted by molar-refractivity contribution is -0.231. The van der Waals surface area contributed by atoms with Crippen LogP contribution < -0.4 is 4.74 Å². The van der Waals surface area contributed by atoms with Crippen molar-refractivity contribution < 1.29 is 34.6 Å². The Kier molecular flexibility index (Phi) is 8.62. The zero-order valence-electron chi connectivity index (χ0n) is 21.9. The van der Waals surface area contributed by atoms with Crippen molar-refractivity contribution in [2.24, 2.45) is 0 Å². The predicted octanol–water partition coefficient (Wildman–Crippen LogP) is 3.11. The third kappa shape index (κ3) is 6.17. The molecule has 0 aliphatic carbocycles. The molecule has 8 nitrogen and oxygen atoms in total. The van der Waals surface area contributed by atoms with Gasteiger partial charge in [0.2, 0.25) is 0 Å². The van der Waals surface area contributed by atoms with Crippen molar-refractivity contribution in [3.05, 3.63) is 101 Å². The molecule has 5 atom stereocenters. The molecule has 8 heteroatoms. The molecule has 1 aliphatic heterocycles. The van der Waals surface area contributed by atoms with Crippen LogP contribution in [0.5, 0.6) is 5.75 Å². The van der Waals surface area contributed by atoms with Crippen LogP contribution in [0.25, 0.3) is 10.9 Å². The number of nitrogens with zero attached hydrogens (tertiary/aromatic N) is 1. The quantitative estimate of drug-likeness (QED) is 0.232. The first-order chi connectivity index (χ1) is 18.9. The molecule has 4 aromatic rings. The molecule has 206 valence electrons. The number of fused-ring (bicyclic) bond motifs is 1. The molecule has 1 fully saturated rings. The SMILES string of the molecule is Cc1ccc2c(c1)c([C@@H]1O[C@H](CO)[C@@H](O)[C@H](O)[C@H]1O)cn2Cc1ccc(OCCOCc2ccccc2)cc1. The predicted molar refractivity (Wildman–Crippen MR) is 147 cm³/mol. The molecule has 0 saturated carbocycles. The minimum absolute atomic E-state index is 0.455. The molecule has 1 aromatic heterocycles. The Balaban J connectivity index is 1.26. The van der Waals surface area contributed by atoms with Gasteiger partial charge in [0.25, 0.3) is 0 Å². The van der Waals surface area contributed by atoms with Crippen molar-refractivity contribution in [2.45, 2.75) is 50.6 Å². The van der Waals surface area contributed by atoms with Crippen LogP contribution in [0.4, 0.5) is 0 Å². The summed E-state index contributed by atoms with van der Waals surface area (Å²) in [5.41, 5.74) is 4.87. The molecule has 0 spiro atoms. The van der Waals surface area contributed by atoms with E-state index in [4.69, 9.17) is 14.2 Å². The number of aryl methyl sites for hydroxylation is 1. The summed E-state index contributed by atoms with van der Waals surface area (Å²) in [5.74, 6) is 0.761. The molecular formula is C31H35NO7. The van der Waals surface area contributed by atoms with Crippen LogP contribution in [0, 0.1) is 6.92 Å². The van der Waals surface area contributed by atoms with Gasteiger partial charge in [0.1, 0.15) is 42.9 Å². The van der Waals surface area contributed by atoms with Gasteiger partial charge in [-0.05, 0) is 42.3 Å². The van der Waals surface area contributed by atoms with Crippen molar-refractivity contribution in [3.63, 3.8) is 0 Å². The van der Waals surface area contributed by atoms with Crippen molar-refractivity contribution in [2.75, 3.05) is 19.8 Å². The lowest BCUT2D eigenvalue weighted by Crippen LogP contribution is -2.55. The number of hydrogen-bond acceptors (Lipinski definition) is 7. The third-order valence-electron chi connectivity index (χ3n) is 7.15. The highest BCUT2D eigenvalue weighted by Gasteiger charge is 2.44. The van der Waals surface area contributed by atoms with E-state index in [1.54, 1.807) is 0 Å². The summed E-state index contributed by atoms with van der Waals surface area (Å²) < 4.78 is 19.4. The van der Waals surface area contributed by atoms with Gasteiger partial charge in [-0.25, -0.2) is 0 Å². The highest BCUT2D eigenvalue weighted by molar-refractivity contribution is 5.85. The molecule has 1 saturated heterocycles. The van der Waals surface area contributed by atoms with Crippen LogP contribution in [0.1, 0.15) is 28.4 Å². The Bertz CT molecular complexity index is 1350. The lowest BCUT2D eigenvalue weighted by Gasteiger charge is -2.40. The zero-order chi connectivity index (χ0) is 27.4. The van der Waals surface area contributed by atoms with Gasteiger partial charge < -0.3 is 39.2 Å². The Morgan fingerprint density at radius 3 is 2.36 bits per heavy atom. The van der Waals surface area contributed by atoms with Crippen LogP contribution in [0.3, 0.4) is 0 Å². The first-order valence-corrected chi connectivity index (χ1v) is 13.2. The Morgan fingerprint density at radius 1 is 0.846 bits per heavy atom. The Hall–Kier alpha value is -3.24. The van der Waals surface area contributed by atoms with Gasteiger partial charge in [0, 0.05) is 29.2 Å². The van der Waals surface area contributed by atoms with Gasteiger partial charge >= 0.3 is 0 Å². The van der Waals surface area contributed by atoms with E-state index < -0.39 is 37.1 Å². The van der Waals surface area contributed by atoms with E-state index in [1.807, 2.05) is 85.9 Å². The van der Waals surface area contributed by atoms with Crippen molar-refractivity contribution in [3.8, 4) is 5.75 Å². The fourth-order valence-electron chi connectivity index (χ4n) is 5.03. The minimum atomic E-state index is -1.43. The normalized spacial score (nSPS) is 23.3. The summed E-state index contributed by atoms with van der Waals surface area (Å²) in [5, 5.41) is 41.8. The minimum Gasteiger partial charge on any atom is -0.491 e. The van der Waals surface area contributed by atoms with Crippen LogP contribution in [0.15, 0.2) is 79.0 Å². The summed E-state index contributed by atoms with van der Waals surface area (Å²) in [7, 11) is 0. The smallest absolute Gasteiger partial charge is 0.119 e. The van der Waals surface area contributed by atoms with Gasteiger partial charge in [0.05, 0.1) is 19.8 Å². The second-order valence-electron chi connectivity index (χ2n) is 10.0. The summed E-state index contributed by atoms with van der Waals surface area (Å²) in [6.07, 6.45) is -4.12. The van der Waals surface area contributed by atoms with Crippen LogP contribution in [-0.2, 0) is 22.6 Å². The highest BCUT2D eigenvalue weighted by atomic mass is 16.5. The fraction of sp³-hybridized carbons (Fsp3) is 0.355. The number of ether oxygens (including phenoxy) is 3. The number of hydrogen-bond donors (Lipinski definition) is 4. The van der Waals surface area contributed by atoms with E-state index in [9.17, 15) is 20.4 Å². The monoisotopic (exact) mass is 533 g/mol. The van der Waals surface area contributed by atoms with Gasteiger partial charge in [-0.3, -0.25) is 0 Å². The van der Waals surface area contributed by atoms with Crippen LogP contribution in [-0.4, -0.2) is 69.2 Å². The van der Waals surface area contributed by atoms with Gasteiger partial charge in [-0.15, -0.1) is 0 Å². The standard InChI is InChI=1S/C31H35NO7/c1-20-7-12-26-24(15-20)25(31-30(36)29(35)28(34)27(18-33)39-31)17-32(26)16-21-8-10-23(11-9-21)38-14-13-37-19-22-5-3-2-4-6-22/h2-12,15,17,27-31,33-36H,13-14,16,18-19H2,1H3/t27-,28-,29+,30-,31+/m1/s1. The largest absolute Gasteiger partial charge is 0.491 e. The van der Waals surface area contributed by atoms with E-state index in [0.717, 1.165) is 33.3 Å². The molecule has 39 heavy (non-hydrogen) atoms. The van der Waals surface area contributed by atoms with Crippen molar-refractivity contribution in [1.29, 1.82) is 0 Å². The van der Waals surface area contributed by atoms with E-state index in [2.05, 4.69) is 4.57 Å². The molecule has 0 radical (unpaired) electrons. The van der Waals surface area contributed by atoms with E-state index >= 15 is 0 Å². The van der Waals surface area contributed by atoms with E-state index in [1.165, 1.54) is 0 Å². The molecule has 4 N–H and O–H groups in total. The summed E-state index contributed by atoms with van der Waals surface area (Å²) >= 11 is 0. The first-order valence-electron chi connectivity index (χ1n) is 13.2. The van der Waals surface area contributed by atoms with Gasteiger partial charge in [0.15, 0.2) is 0 Å². The molecule has 1 aliphatic rings. The van der Waals surface area contributed by atoms with E-state index in [-0.39, 0.29) is 0 Å². The number of rotatable bonds is 10. The highest BCUT2D eigenvalue weighted by Crippen LogP contribution is 2.37. The molecule has 0 unspecified atom stereocenters. The molecule has 0 amide bonds. The molecule has 3 aromatic carbocycles. The maximum Gasteiger partial charge on any atom is 0.119 e. The molecular weight excluding hydrogens is 498 g/mol. The van der Waals surface area contributed by atoms with E-state index in [0.29, 0.717) is 31.9 Å². The summed E-state index contributed by atoms with van der Waals surface area (Å²) in [6, 6.07) is 24.0. The Labute approximate surface area is 227 Å². The average Bonchev–Trinajstić information content (AvgIpc) is 3.30. The summed E-state index contributed by atoms with van der Waals surface area (Å²) in [6.45, 7) is 3.59. The zero-order valence-corrected chi connectivity index (χ0v) is 21.9. The maximum absolute atomic E-state index is 10.7. The number of aliphatic hydroxyl groups excluding tert-OH is 4. The van der Waals surface area contributed by atoms with Gasteiger partial charge in [-0.1, -0.05) is 54.1 Å². The molecule has 5 rings (SSSR count). The van der Waals surface area contributed by atoms with Crippen LogP contribution >= 0.6 is 0 Å². The second kappa shape index (κ2) is 12.3. The van der Waals surface area contributed by atoms with Crippen molar-refractivity contribution >= 4 is 10.9 Å². The van der Waals surface area contributed by atoms with Gasteiger partial charge in [-0.2, -0.15) is 0 Å². The molecule has 2 heterocycles. The van der Waals surface area contributed by atoms with Crippen LogP contribution in [0.2, 0.25) is 0 Å². The second-order valence-corrected chi connectivity index (χ2v) is 10.0. The lowest BCUT2D eigenvalue weighted by atomic mass is 9.91. The number of aliphatic hydroxyl groups is 4. The molecule has 0 bridgehead atoms. The van der Waals surface area contributed by atoms with Crippen molar-refractivity contribution in [1.82, 2.24) is 4.57 Å². The number of benzene rings is 3. The Morgan fingerprint density at radius 2 is 1.62 bits per heavy atom. The fourth-order valence-corrected chi connectivity index (χ4v) is 5.03. The third-order valence-corrected chi connectivity index (χ3v) is 7.15. The average molecular weight is 534 g/mol. The topological polar surface area (TPSA) is 114 Å². The number of aromatic nitrogens is 1.